The van der Waals surface area contributed by atoms with Crippen molar-refractivity contribution in [2.45, 2.75) is 45.6 Å². The van der Waals surface area contributed by atoms with Crippen LogP contribution in [-0.2, 0) is 14.3 Å². The maximum Gasteiger partial charge on any atom is 0.332 e. The molecule has 16 heavy (non-hydrogen) atoms. The third-order valence-corrected chi connectivity index (χ3v) is 2.31. The van der Waals surface area contributed by atoms with Crippen LogP contribution in [0.15, 0.2) is 0 Å². The Morgan fingerprint density at radius 3 is 2.06 bits per heavy atom. The van der Waals surface area contributed by atoms with Crippen LogP contribution in [0.25, 0.3) is 0 Å². The summed E-state index contributed by atoms with van der Waals surface area (Å²) in [6.07, 6.45) is 3.13. The number of hydrogen-bond donors (Lipinski definition) is 2. The van der Waals surface area contributed by atoms with Crippen LogP contribution in [0.3, 0.4) is 0 Å². The Morgan fingerprint density at radius 1 is 1.19 bits per heavy atom. The number of rotatable bonds is 7. The second-order valence-corrected chi connectivity index (χ2v) is 3.80. The van der Waals surface area contributed by atoms with Crippen LogP contribution in [0.5, 0.6) is 0 Å². The molecule has 0 spiro atoms. The Hall–Kier alpha value is -0.940. The summed E-state index contributed by atoms with van der Waals surface area (Å²) in [4.78, 5) is 22.7. The van der Waals surface area contributed by atoms with Crippen molar-refractivity contribution in [1.82, 2.24) is 0 Å². The molecule has 0 aromatic carbocycles. The third-order valence-electron chi connectivity index (χ3n) is 2.31. The highest BCUT2D eigenvalue weighted by Crippen LogP contribution is 2.15. The van der Waals surface area contributed by atoms with Gasteiger partial charge in [0.15, 0.2) is 0 Å². The van der Waals surface area contributed by atoms with E-state index in [1.807, 2.05) is 13.8 Å². The van der Waals surface area contributed by atoms with Crippen molar-refractivity contribution in [1.29, 1.82) is 0 Å². The lowest BCUT2D eigenvalue weighted by Crippen LogP contribution is -2.38. The second kappa shape index (κ2) is 8.24. The van der Waals surface area contributed by atoms with Crippen LogP contribution < -0.4 is 5.73 Å². The molecule has 0 aliphatic carbocycles. The molecular formula is C11H21NO4. The number of aliphatic hydroxyl groups is 1. The fraction of sp³-hybridized carbons (Fsp3) is 0.818. The molecule has 0 amide bonds. The Kier molecular flexibility index (Phi) is 7.76. The SMILES string of the molecule is CCCC(CCC)C(=O)OC(=O)[C@@H](N)CO. The molecule has 0 heterocycles. The van der Waals surface area contributed by atoms with Gasteiger partial charge in [0, 0.05) is 0 Å². The van der Waals surface area contributed by atoms with Crippen LogP contribution in [0, 0.1) is 5.92 Å². The van der Waals surface area contributed by atoms with Crippen LogP contribution in [0.2, 0.25) is 0 Å². The maximum absolute atomic E-state index is 11.6. The summed E-state index contributed by atoms with van der Waals surface area (Å²) < 4.78 is 4.61. The molecule has 0 aliphatic rings. The van der Waals surface area contributed by atoms with Crippen molar-refractivity contribution in [2.24, 2.45) is 11.7 Å². The van der Waals surface area contributed by atoms with Crippen LogP contribution in [0.4, 0.5) is 0 Å². The van der Waals surface area contributed by atoms with E-state index < -0.39 is 24.6 Å². The lowest BCUT2D eigenvalue weighted by atomic mass is 9.99. The van der Waals surface area contributed by atoms with Gasteiger partial charge in [-0.25, -0.2) is 4.79 Å². The molecule has 0 saturated carbocycles. The van der Waals surface area contributed by atoms with Gasteiger partial charge in [-0.2, -0.15) is 0 Å². The van der Waals surface area contributed by atoms with Crippen molar-refractivity contribution < 1.29 is 19.4 Å². The lowest BCUT2D eigenvalue weighted by Gasteiger charge is -2.14. The minimum absolute atomic E-state index is 0.246. The van der Waals surface area contributed by atoms with Gasteiger partial charge < -0.3 is 15.6 Å². The zero-order chi connectivity index (χ0) is 12.6. The summed E-state index contributed by atoms with van der Waals surface area (Å²) in [6, 6.07) is -1.13. The molecule has 5 nitrogen and oxygen atoms in total. The van der Waals surface area contributed by atoms with E-state index >= 15 is 0 Å². The predicted octanol–water partition coefficient (Wildman–Crippen LogP) is 0.592. The normalized spacial score (nSPS) is 12.6. The molecule has 0 aromatic rings. The van der Waals surface area contributed by atoms with Crippen molar-refractivity contribution in [2.75, 3.05) is 6.61 Å². The van der Waals surface area contributed by atoms with Gasteiger partial charge in [-0.1, -0.05) is 26.7 Å². The number of nitrogens with two attached hydrogens (primary N) is 1. The van der Waals surface area contributed by atoms with Gasteiger partial charge in [0.25, 0.3) is 0 Å². The Morgan fingerprint density at radius 2 is 1.69 bits per heavy atom. The quantitative estimate of drug-likeness (QED) is 0.494. The van der Waals surface area contributed by atoms with Gasteiger partial charge in [0.05, 0.1) is 12.5 Å². The van der Waals surface area contributed by atoms with Gasteiger partial charge in [-0.05, 0) is 12.8 Å². The molecule has 0 rings (SSSR count). The molecule has 0 unspecified atom stereocenters. The first-order chi connectivity index (χ1) is 7.56. The largest absolute Gasteiger partial charge is 0.394 e. The van der Waals surface area contributed by atoms with Crippen LogP contribution in [0.1, 0.15) is 39.5 Å². The summed E-state index contributed by atoms with van der Waals surface area (Å²) in [5.41, 5.74) is 5.24. The first-order valence-corrected chi connectivity index (χ1v) is 5.68. The fourth-order valence-electron chi connectivity index (χ4n) is 1.41. The van der Waals surface area contributed by atoms with Crippen LogP contribution >= 0.6 is 0 Å². The molecular weight excluding hydrogens is 210 g/mol. The second-order valence-electron chi connectivity index (χ2n) is 3.80. The Bertz CT molecular complexity index is 224. The fourth-order valence-corrected chi connectivity index (χ4v) is 1.41. The number of hydrogen-bond acceptors (Lipinski definition) is 5. The summed E-state index contributed by atoms with van der Waals surface area (Å²) in [7, 11) is 0. The van der Waals surface area contributed by atoms with Crippen LogP contribution in [-0.4, -0.2) is 29.7 Å². The van der Waals surface area contributed by atoms with Gasteiger partial charge >= 0.3 is 11.9 Å². The van der Waals surface area contributed by atoms with E-state index in [1.54, 1.807) is 0 Å². The van der Waals surface area contributed by atoms with E-state index in [2.05, 4.69) is 4.74 Å². The Labute approximate surface area is 96.0 Å². The topological polar surface area (TPSA) is 89.6 Å². The number of aliphatic hydroxyl groups excluding tert-OH is 1. The highest BCUT2D eigenvalue weighted by Gasteiger charge is 2.23. The summed E-state index contributed by atoms with van der Waals surface area (Å²) >= 11 is 0. The molecule has 0 aliphatic heterocycles. The summed E-state index contributed by atoms with van der Waals surface area (Å²) in [5, 5.41) is 8.63. The molecule has 0 aromatic heterocycles. The molecule has 0 fully saturated rings. The minimum Gasteiger partial charge on any atom is -0.394 e. The number of ether oxygens (including phenoxy) is 1. The zero-order valence-corrected chi connectivity index (χ0v) is 9.94. The van der Waals surface area contributed by atoms with Gasteiger partial charge in [-0.3, -0.25) is 4.79 Å². The predicted molar refractivity (Wildman–Crippen MR) is 59.5 cm³/mol. The molecule has 1 atom stereocenters. The smallest absolute Gasteiger partial charge is 0.332 e. The molecule has 0 saturated heterocycles. The average Bonchev–Trinajstić information content (AvgIpc) is 2.27. The molecule has 3 N–H and O–H groups in total. The molecule has 5 heteroatoms. The third kappa shape index (κ3) is 5.23. The molecule has 0 radical (unpaired) electrons. The van der Waals surface area contributed by atoms with E-state index in [9.17, 15) is 9.59 Å². The maximum atomic E-state index is 11.6. The van der Waals surface area contributed by atoms with Crippen molar-refractivity contribution >= 4 is 11.9 Å². The highest BCUT2D eigenvalue weighted by molar-refractivity contribution is 5.89. The van der Waals surface area contributed by atoms with E-state index in [1.165, 1.54) is 0 Å². The van der Waals surface area contributed by atoms with E-state index in [0.717, 1.165) is 12.8 Å². The van der Waals surface area contributed by atoms with Gasteiger partial charge in [0.2, 0.25) is 0 Å². The molecule has 94 valence electrons. The highest BCUT2D eigenvalue weighted by atomic mass is 16.6. The summed E-state index contributed by atoms with van der Waals surface area (Å²) in [5.74, 6) is -1.63. The van der Waals surface area contributed by atoms with E-state index in [4.69, 9.17) is 10.8 Å². The average molecular weight is 231 g/mol. The first kappa shape index (κ1) is 15.1. The van der Waals surface area contributed by atoms with E-state index in [0.29, 0.717) is 12.8 Å². The Balaban J connectivity index is 4.23. The van der Waals surface area contributed by atoms with Gasteiger partial charge in [-0.15, -0.1) is 0 Å². The zero-order valence-electron chi connectivity index (χ0n) is 9.94. The van der Waals surface area contributed by atoms with Gasteiger partial charge in [0.1, 0.15) is 6.04 Å². The lowest BCUT2D eigenvalue weighted by molar-refractivity contribution is -0.164. The number of carbonyl (C=O) groups is 2. The summed E-state index contributed by atoms with van der Waals surface area (Å²) in [6.45, 7) is 3.42. The van der Waals surface area contributed by atoms with Crippen molar-refractivity contribution in [3.63, 3.8) is 0 Å². The molecule has 0 bridgehead atoms. The number of esters is 2. The van der Waals surface area contributed by atoms with Crippen molar-refractivity contribution in [3.8, 4) is 0 Å². The standard InChI is InChI=1S/C11H21NO4/c1-3-5-8(6-4-2)10(14)16-11(15)9(12)7-13/h8-9,13H,3-7,12H2,1-2H3/t9-/m0/s1. The van der Waals surface area contributed by atoms with E-state index in [-0.39, 0.29) is 5.92 Å². The monoisotopic (exact) mass is 231 g/mol. The first-order valence-electron chi connectivity index (χ1n) is 5.68. The minimum atomic E-state index is -1.13. The van der Waals surface area contributed by atoms with Crippen molar-refractivity contribution in [3.05, 3.63) is 0 Å². The number of carbonyl (C=O) groups excluding carboxylic acids is 2.